The maximum absolute atomic E-state index is 14.3. The number of amides is 2. The number of aliphatic carboxylic acids is 1. The number of ether oxygens (including phenoxy) is 24. The van der Waals surface area contributed by atoms with Crippen LogP contribution >= 0.6 is 0 Å². The van der Waals surface area contributed by atoms with E-state index in [9.17, 15) is 81.8 Å². The van der Waals surface area contributed by atoms with Gasteiger partial charge in [-0.1, -0.05) is 48.5 Å². The zero-order chi connectivity index (χ0) is 89.8. The molecule has 0 saturated carbocycles. The number of carboxylic acid groups (broad SMARTS) is 1. The second-order valence-electron chi connectivity index (χ2n) is 29.1. The van der Waals surface area contributed by atoms with Crippen molar-refractivity contribution in [2.24, 2.45) is 0 Å². The van der Waals surface area contributed by atoms with Crippen molar-refractivity contribution in [3.05, 3.63) is 59.7 Å². The van der Waals surface area contributed by atoms with Crippen molar-refractivity contribution in [2.45, 2.75) is 295 Å². The molecule has 122 heavy (non-hydrogen) atoms. The van der Waals surface area contributed by atoms with E-state index in [1.165, 1.54) is 13.8 Å². The number of carboxylic acids is 1. The maximum atomic E-state index is 14.3. The predicted octanol–water partition coefficient (Wildman–Crippen LogP) is 1.88. The van der Waals surface area contributed by atoms with Gasteiger partial charge in [0.2, 0.25) is 5.91 Å². The molecule has 26 atom stereocenters. The number of unbranched alkanes of at least 4 members (excludes halogenated alkanes) is 1. The van der Waals surface area contributed by atoms with Crippen molar-refractivity contribution in [3.8, 4) is 11.1 Å². The van der Waals surface area contributed by atoms with Crippen LogP contribution in [0.5, 0.6) is 0 Å². The van der Waals surface area contributed by atoms with Crippen LogP contribution in [-0.2, 0) is 186 Å². The van der Waals surface area contributed by atoms with Crippen LogP contribution in [0, 0.1) is 0 Å². The molecular weight excluding hydrogens is 1630 g/mol. The minimum atomic E-state index is -2.40. The highest BCUT2D eigenvalue weighted by atomic mass is 16.8. The van der Waals surface area contributed by atoms with E-state index in [-0.39, 0.29) is 31.8 Å². The summed E-state index contributed by atoms with van der Waals surface area (Å²) >= 11 is 0. The van der Waals surface area contributed by atoms with Gasteiger partial charge in [-0.3, -0.25) is 67.1 Å². The van der Waals surface area contributed by atoms with E-state index in [2.05, 4.69) is 10.6 Å². The Labute approximate surface area is 698 Å². The summed E-state index contributed by atoms with van der Waals surface area (Å²) in [5.74, 6) is -16.5. The van der Waals surface area contributed by atoms with E-state index in [4.69, 9.17) is 114 Å². The van der Waals surface area contributed by atoms with Gasteiger partial charge in [-0.2, -0.15) is 0 Å². The number of esters is 13. The number of benzene rings is 2. The van der Waals surface area contributed by atoms with Crippen LogP contribution in [0.15, 0.2) is 48.5 Å². The zero-order valence-corrected chi connectivity index (χ0v) is 69.6. The number of carbonyl (C=O) groups excluding carboxylic acids is 15. The van der Waals surface area contributed by atoms with Crippen LogP contribution in [0.2, 0.25) is 0 Å². The van der Waals surface area contributed by atoms with Gasteiger partial charge in [0.05, 0.1) is 12.2 Å². The summed E-state index contributed by atoms with van der Waals surface area (Å²) in [5.41, 5.74) is 3.71. The molecule has 6 aliphatic rings. The number of alkyl carbamates (subject to hydrolysis) is 1. The van der Waals surface area contributed by atoms with Gasteiger partial charge >= 0.3 is 89.7 Å². The number of rotatable bonds is 35. The molecule has 674 valence electrons. The SMILES string of the molecule is CC(=O)N[C@H]1[C@H](O[C@H]2[C@@H](OC(C)=O)[C@@H](COC(C)=O)O[C@@H](OCCCC[C@H](NC(=O)OCC3c4ccccc4-c4ccccc43)C(=O)O)[C@@H]2OC(C)=O)O[C@H](COC(C)=O)[C@@H](O[C@@H]2O[C@H](COC(C)=O)[C@H](OC(C)=O)[C@H](OC(C)=O)[C@H]2O[C@@H]2O[C@@H](C)[C@@H](OC(C)=O)[C@@H](OC(C)=O)[C@@H]2OC(C)=O)[C@@H]1O[C@@H]1O[C@@H](C)[C@@H](OC(C)=O)[C@@H](OC(C)=O)[C@@H]1OC(C)=O. The van der Waals surface area contributed by atoms with Gasteiger partial charge in [0.1, 0.15) is 75.1 Å². The molecule has 8 rings (SSSR count). The summed E-state index contributed by atoms with van der Waals surface area (Å²) in [6.07, 6.45) is -48.9. The molecule has 3 N–H and O–H groups in total. The summed E-state index contributed by atoms with van der Waals surface area (Å²) in [6, 6.07) is 11.5. The lowest BCUT2D eigenvalue weighted by molar-refractivity contribution is -0.398. The fourth-order valence-corrected chi connectivity index (χ4v) is 14.8. The molecule has 5 fully saturated rings. The summed E-state index contributed by atoms with van der Waals surface area (Å²) in [4.78, 5) is 212. The van der Waals surface area contributed by atoms with Crippen LogP contribution in [0.3, 0.4) is 0 Å². The monoisotopic (exact) mass is 1730 g/mol. The quantitative estimate of drug-likeness (QED) is 0.0504. The average Bonchev–Trinajstić information content (AvgIpc) is 1.25. The molecule has 1 aliphatic carbocycles. The summed E-state index contributed by atoms with van der Waals surface area (Å²) in [6.45, 7) is 12.5. The van der Waals surface area contributed by atoms with Crippen molar-refractivity contribution in [1.82, 2.24) is 10.6 Å². The molecule has 2 aromatic carbocycles. The predicted molar refractivity (Wildman–Crippen MR) is 397 cm³/mol. The third-order valence-electron chi connectivity index (χ3n) is 19.3. The van der Waals surface area contributed by atoms with Crippen molar-refractivity contribution < 1.29 is 196 Å². The average molecular weight is 1740 g/mol. The highest BCUT2D eigenvalue weighted by molar-refractivity contribution is 5.81. The number of nitrogens with one attached hydrogen (secondary N) is 2. The number of carbonyl (C=O) groups is 16. The molecule has 0 radical (unpaired) electrons. The van der Waals surface area contributed by atoms with E-state index < -0.39 is 282 Å². The van der Waals surface area contributed by atoms with E-state index in [0.717, 1.165) is 119 Å². The van der Waals surface area contributed by atoms with Crippen LogP contribution in [0.25, 0.3) is 11.1 Å². The molecule has 5 aliphatic heterocycles. The third kappa shape index (κ3) is 26.7. The van der Waals surface area contributed by atoms with E-state index in [1.54, 1.807) is 0 Å². The van der Waals surface area contributed by atoms with Gasteiger partial charge < -0.3 is 129 Å². The van der Waals surface area contributed by atoms with Crippen molar-refractivity contribution in [3.63, 3.8) is 0 Å². The normalized spacial score (nSPS) is 30.5. The Morgan fingerprint density at radius 2 is 0.680 bits per heavy atom. The summed E-state index contributed by atoms with van der Waals surface area (Å²) in [5, 5.41) is 15.4. The van der Waals surface area contributed by atoms with Crippen molar-refractivity contribution in [2.75, 3.05) is 33.0 Å². The van der Waals surface area contributed by atoms with Crippen LogP contribution < -0.4 is 10.6 Å². The Bertz CT molecular complexity index is 4050. The zero-order valence-electron chi connectivity index (χ0n) is 69.6. The van der Waals surface area contributed by atoms with Crippen molar-refractivity contribution in [1.29, 1.82) is 0 Å². The third-order valence-corrected chi connectivity index (χ3v) is 19.3. The molecule has 0 unspecified atom stereocenters. The van der Waals surface area contributed by atoms with E-state index in [1.807, 2.05) is 48.5 Å². The molecule has 0 spiro atoms. The minimum absolute atomic E-state index is 0.0191. The molecule has 2 amide bonds. The van der Waals surface area contributed by atoms with Gasteiger partial charge in [-0.05, 0) is 55.4 Å². The smallest absolute Gasteiger partial charge is 0.407 e. The topological polar surface area (TPSA) is 539 Å². The fraction of sp³-hybridized carbons (Fsp3) is 0.646. The second kappa shape index (κ2) is 44.4. The minimum Gasteiger partial charge on any atom is -0.480 e. The molecule has 5 saturated heterocycles. The highest BCUT2D eigenvalue weighted by Crippen LogP contribution is 2.46. The summed E-state index contributed by atoms with van der Waals surface area (Å²) in [7, 11) is 0. The van der Waals surface area contributed by atoms with E-state index >= 15 is 0 Å². The Balaban J connectivity index is 1.27. The van der Waals surface area contributed by atoms with Crippen molar-refractivity contribution >= 4 is 95.6 Å². The first-order valence-electron chi connectivity index (χ1n) is 38.8. The largest absolute Gasteiger partial charge is 0.480 e. The van der Waals surface area contributed by atoms with Crippen LogP contribution in [0.4, 0.5) is 4.79 Å². The van der Waals surface area contributed by atoms with Gasteiger partial charge in [0.25, 0.3) is 0 Å². The van der Waals surface area contributed by atoms with Gasteiger partial charge in [-0.25, -0.2) is 9.59 Å². The lowest BCUT2D eigenvalue weighted by Crippen LogP contribution is -2.72. The summed E-state index contributed by atoms with van der Waals surface area (Å²) < 4.78 is 146. The first kappa shape index (κ1) is 96.8. The number of fused-ring (bicyclic) bond motifs is 3. The standard InChI is InChI=1S/C79H102N2O41/c1-33-59(106-39(7)86)65(110-43(11)90)70(114-47(15)94)76(104-33)120-64-58(80-35(3)82)74(116-55(30-100-36(4)83)61(64)119-78-72(67(112-45(13)92)62(108-41(9)88)57(118-78)32-102-38(6)85)122-77-71(115-48(16)95)66(111-44(12)91)60(34(2)105-77)107-40(8)87)121-68-63(109-42(10)89)56(31-101-37(5)84)117-75(69(68)113-46(14)93)99-28-22-21-27-54(73(96)97)81-79(98)103-29-53-51-25-19-17-23-49(51)50-24-18-20-26-52(50)53/h17-20,23-26,33-34,53-72,74-78H,21-22,27-32H2,1-16H3,(H,80,82)(H,81,98)(H,96,97)/t33-,34-,54-,55+,56+,57+,58+,59+,60+,61+,62-,63-,64+,65+,66+,67-,68-,69+,70-,71-,72+,74-,75+,76-,77-,78-/m0/s1. The molecule has 0 bridgehead atoms. The fourth-order valence-electron chi connectivity index (χ4n) is 14.8. The molecular formula is C79H102N2O41. The molecule has 5 heterocycles. The highest BCUT2D eigenvalue weighted by Gasteiger charge is 2.63. The van der Waals surface area contributed by atoms with Gasteiger partial charge in [0, 0.05) is 109 Å². The molecule has 0 aromatic heterocycles. The number of hydrogen-bond donors (Lipinski definition) is 3. The first-order chi connectivity index (χ1) is 57.6. The van der Waals surface area contributed by atoms with Gasteiger partial charge in [0.15, 0.2) is 98.6 Å². The lowest BCUT2D eigenvalue weighted by atomic mass is 9.93. The molecule has 43 nitrogen and oxygen atoms in total. The van der Waals surface area contributed by atoms with Crippen LogP contribution in [-0.4, -0.2) is 293 Å². The van der Waals surface area contributed by atoms with Gasteiger partial charge in [-0.15, -0.1) is 0 Å². The lowest BCUT2D eigenvalue weighted by Gasteiger charge is -2.53. The second-order valence-corrected chi connectivity index (χ2v) is 29.1. The first-order valence-corrected chi connectivity index (χ1v) is 38.8. The Morgan fingerprint density at radius 3 is 1.10 bits per heavy atom. The molecule has 43 heteroatoms. The molecule has 2 aromatic rings. The Morgan fingerprint density at radius 1 is 0.344 bits per heavy atom. The number of hydrogen-bond acceptors (Lipinski definition) is 40. The van der Waals surface area contributed by atoms with Crippen LogP contribution in [0.1, 0.15) is 147 Å². The Kier molecular flexibility index (Phi) is 35.3. The van der Waals surface area contributed by atoms with E-state index in [0.29, 0.717) is 0 Å². The Hall–Kier alpha value is -10.6. The maximum Gasteiger partial charge on any atom is 0.407 e.